The van der Waals surface area contributed by atoms with Crippen molar-refractivity contribution in [1.82, 2.24) is 0 Å². The van der Waals surface area contributed by atoms with Crippen LogP contribution >= 0.6 is 0 Å². The van der Waals surface area contributed by atoms with Crippen molar-refractivity contribution >= 4 is 0 Å². The van der Waals surface area contributed by atoms with E-state index in [-0.39, 0.29) is 28.6 Å². The lowest BCUT2D eigenvalue weighted by molar-refractivity contribution is -0.177. The lowest BCUT2D eigenvalue weighted by atomic mass is 9.40. The molecule has 0 unspecified atom stereocenters. The summed E-state index contributed by atoms with van der Waals surface area (Å²) in [5.41, 5.74) is 0.942. The predicted molar refractivity (Wildman–Crippen MR) is 115 cm³/mol. The SMILES string of the molecule is CCC[C@@](C)(O)[C@H]1CC[C@@]23C=C[C@]1(OC)[C@@H]1Oc4c(O)ccc5c4[C@@]12CCC[C@@H]3C5. The molecule has 2 saturated carbocycles. The summed E-state index contributed by atoms with van der Waals surface area (Å²) in [6.45, 7) is 4.12. The molecular formula is C26H34O4. The average molecular weight is 411 g/mol. The highest BCUT2D eigenvalue weighted by atomic mass is 16.6. The molecule has 0 aromatic heterocycles. The molecule has 2 spiro atoms. The van der Waals surface area contributed by atoms with Gasteiger partial charge in [0.05, 0.1) is 5.60 Å². The molecule has 0 amide bonds. The maximum Gasteiger partial charge on any atom is 0.165 e. The number of hydrogen-bond donors (Lipinski definition) is 2. The van der Waals surface area contributed by atoms with Crippen molar-refractivity contribution in [2.24, 2.45) is 17.3 Å². The topological polar surface area (TPSA) is 58.9 Å². The van der Waals surface area contributed by atoms with Gasteiger partial charge in [-0.3, -0.25) is 0 Å². The Morgan fingerprint density at radius 1 is 1.23 bits per heavy atom. The van der Waals surface area contributed by atoms with E-state index < -0.39 is 11.2 Å². The highest BCUT2D eigenvalue weighted by Crippen LogP contribution is 2.75. The second-order valence-electron chi connectivity index (χ2n) is 10.8. The Morgan fingerprint density at radius 3 is 2.83 bits per heavy atom. The molecule has 0 saturated heterocycles. The van der Waals surface area contributed by atoms with Crippen molar-refractivity contribution in [1.29, 1.82) is 0 Å². The number of phenolic OH excluding ortho intramolecular Hbond substituents is 1. The third-order valence-corrected chi connectivity index (χ3v) is 9.80. The van der Waals surface area contributed by atoms with Gasteiger partial charge in [-0.05, 0) is 63.0 Å². The van der Waals surface area contributed by atoms with Crippen molar-refractivity contribution in [2.75, 3.05) is 7.11 Å². The molecule has 7 rings (SSSR count). The molecule has 2 N–H and O–H groups in total. The molecule has 4 bridgehead atoms. The molecule has 1 aromatic rings. The lowest BCUT2D eigenvalue weighted by Crippen LogP contribution is -2.69. The maximum absolute atomic E-state index is 11.7. The fraction of sp³-hybridized carbons (Fsp3) is 0.692. The second-order valence-corrected chi connectivity index (χ2v) is 10.8. The molecule has 30 heavy (non-hydrogen) atoms. The van der Waals surface area contributed by atoms with E-state index in [2.05, 4.69) is 25.1 Å². The third kappa shape index (κ3) is 1.89. The first-order chi connectivity index (χ1) is 14.4. The Bertz CT molecular complexity index is 935. The quantitative estimate of drug-likeness (QED) is 0.710. The minimum atomic E-state index is -0.831. The number of methoxy groups -OCH3 is 1. The van der Waals surface area contributed by atoms with Crippen molar-refractivity contribution in [3.63, 3.8) is 0 Å². The van der Waals surface area contributed by atoms with Gasteiger partial charge in [0.15, 0.2) is 11.5 Å². The molecule has 5 aliphatic carbocycles. The zero-order chi connectivity index (χ0) is 20.9. The predicted octanol–water partition coefficient (Wildman–Crippen LogP) is 4.65. The van der Waals surface area contributed by atoms with Gasteiger partial charge in [-0.1, -0.05) is 38.0 Å². The summed E-state index contributed by atoms with van der Waals surface area (Å²) in [7, 11) is 1.78. The van der Waals surface area contributed by atoms with Gasteiger partial charge >= 0.3 is 0 Å². The summed E-state index contributed by atoms with van der Waals surface area (Å²) in [5, 5.41) is 22.5. The van der Waals surface area contributed by atoms with Crippen LogP contribution in [0.25, 0.3) is 0 Å². The van der Waals surface area contributed by atoms with Gasteiger partial charge in [-0.25, -0.2) is 0 Å². The van der Waals surface area contributed by atoms with Crippen molar-refractivity contribution < 1.29 is 19.7 Å². The zero-order valence-electron chi connectivity index (χ0n) is 18.4. The van der Waals surface area contributed by atoms with Crippen LogP contribution in [0.4, 0.5) is 0 Å². The summed E-state index contributed by atoms with van der Waals surface area (Å²) < 4.78 is 13.2. The summed E-state index contributed by atoms with van der Waals surface area (Å²) in [6.07, 6.45) is 12.8. The number of benzene rings is 1. The Hall–Kier alpha value is -1.52. The minimum absolute atomic E-state index is 0.0288. The van der Waals surface area contributed by atoms with Gasteiger partial charge in [0.25, 0.3) is 0 Å². The van der Waals surface area contributed by atoms with Gasteiger partial charge in [-0.15, -0.1) is 0 Å². The van der Waals surface area contributed by atoms with E-state index in [0.717, 1.165) is 38.5 Å². The fourth-order valence-electron chi connectivity index (χ4n) is 8.85. The van der Waals surface area contributed by atoms with Gasteiger partial charge in [0, 0.05) is 29.4 Å². The Kier molecular flexibility index (Phi) is 3.73. The normalized spacial score (nSPS) is 44.2. The largest absolute Gasteiger partial charge is 0.504 e. The molecule has 1 aromatic carbocycles. The summed E-state index contributed by atoms with van der Waals surface area (Å²) in [6, 6.07) is 3.93. The van der Waals surface area contributed by atoms with Crippen LogP contribution in [0.1, 0.15) is 69.9 Å². The third-order valence-electron chi connectivity index (χ3n) is 9.80. The number of ether oxygens (including phenoxy) is 2. The number of aromatic hydroxyl groups is 1. The Balaban J connectivity index is 1.65. The van der Waals surface area contributed by atoms with E-state index in [9.17, 15) is 10.2 Å². The maximum atomic E-state index is 11.7. The van der Waals surface area contributed by atoms with E-state index in [1.807, 2.05) is 13.0 Å². The minimum Gasteiger partial charge on any atom is -0.504 e. The molecule has 1 aliphatic heterocycles. The molecule has 7 atom stereocenters. The van der Waals surface area contributed by atoms with Crippen LogP contribution < -0.4 is 4.74 Å². The smallest absolute Gasteiger partial charge is 0.165 e. The van der Waals surface area contributed by atoms with Crippen LogP contribution in [-0.4, -0.2) is 34.6 Å². The monoisotopic (exact) mass is 410 g/mol. The first-order valence-corrected chi connectivity index (χ1v) is 11.9. The first kappa shape index (κ1) is 19.2. The van der Waals surface area contributed by atoms with Gasteiger partial charge in [0.1, 0.15) is 11.7 Å². The van der Waals surface area contributed by atoms with Crippen molar-refractivity contribution in [3.05, 3.63) is 35.4 Å². The molecule has 1 heterocycles. The highest BCUT2D eigenvalue weighted by molar-refractivity contribution is 5.63. The number of hydrogen-bond acceptors (Lipinski definition) is 4. The number of allylic oxidation sites excluding steroid dienone is 1. The number of aliphatic hydroxyl groups is 1. The van der Waals surface area contributed by atoms with E-state index in [0.29, 0.717) is 11.7 Å². The molecule has 4 heteroatoms. The van der Waals surface area contributed by atoms with Gasteiger partial charge in [-0.2, -0.15) is 0 Å². The number of fused-ring (bicyclic) bond motifs is 2. The van der Waals surface area contributed by atoms with Crippen LogP contribution in [0.15, 0.2) is 24.3 Å². The second kappa shape index (κ2) is 5.83. The summed E-state index contributed by atoms with van der Waals surface area (Å²) in [4.78, 5) is 0. The molecule has 6 aliphatic rings. The van der Waals surface area contributed by atoms with Crippen LogP contribution in [0.2, 0.25) is 0 Å². The lowest BCUT2D eigenvalue weighted by Gasteiger charge is -2.63. The van der Waals surface area contributed by atoms with Crippen LogP contribution in [0.5, 0.6) is 11.5 Å². The van der Waals surface area contributed by atoms with Crippen LogP contribution in [-0.2, 0) is 16.6 Å². The van der Waals surface area contributed by atoms with E-state index in [1.165, 1.54) is 24.0 Å². The van der Waals surface area contributed by atoms with Crippen LogP contribution in [0, 0.1) is 17.3 Å². The molecule has 4 nitrogen and oxygen atoms in total. The average Bonchev–Trinajstić information content (AvgIpc) is 2.90. The summed E-state index contributed by atoms with van der Waals surface area (Å²) >= 11 is 0. The molecule has 2 fully saturated rings. The fourth-order valence-corrected chi connectivity index (χ4v) is 8.85. The van der Waals surface area contributed by atoms with Crippen molar-refractivity contribution in [2.45, 2.75) is 87.9 Å². The molecule has 0 radical (unpaired) electrons. The van der Waals surface area contributed by atoms with Gasteiger partial charge in [0.2, 0.25) is 0 Å². The standard InChI is InChI=1S/C26H34O4/c1-4-10-23(2,28)19-9-12-24-13-14-26(19,29-3)22-25(24)11-5-6-17(24)15-16-7-8-18(27)21(30-22)20(16)25/h7-8,13-14,17,19,22,27-28H,4-6,9-12,15H2,1-3H3/t17-,19-,22-,23-,24+,25+,26-/m1/s1. The van der Waals surface area contributed by atoms with Crippen molar-refractivity contribution in [3.8, 4) is 11.5 Å². The summed E-state index contributed by atoms with van der Waals surface area (Å²) in [5.74, 6) is 1.47. The van der Waals surface area contributed by atoms with E-state index >= 15 is 0 Å². The van der Waals surface area contributed by atoms with Crippen LogP contribution in [0.3, 0.4) is 0 Å². The number of rotatable bonds is 4. The van der Waals surface area contributed by atoms with E-state index in [1.54, 1.807) is 7.11 Å². The Morgan fingerprint density at radius 2 is 2.07 bits per heavy atom. The number of phenols is 1. The first-order valence-electron chi connectivity index (χ1n) is 11.9. The molecule has 162 valence electrons. The zero-order valence-corrected chi connectivity index (χ0v) is 18.4. The molecular weight excluding hydrogens is 376 g/mol. The Labute approximate surface area is 179 Å². The highest BCUT2D eigenvalue weighted by Gasteiger charge is 2.76. The van der Waals surface area contributed by atoms with E-state index in [4.69, 9.17) is 9.47 Å². The van der Waals surface area contributed by atoms with Gasteiger partial charge < -0.3 is 19.7 Å².